The van der Waals surface area contributed by atoms with Crippen LogP contribution in [-0.2, 0) is 16.1 Å². The van der Waals surface area contributed by atoms with Gasteiger partial charge in [-0.2, -0.15) is 0 Å². The van der Waals surface area contributed by atoms with Gasteiger partial charge in [-0.15, -0.1) is 0 Å². The minimum absolute atomic E-state index is 0.103. The number of nitrogens with zero attached hydrogens (tertiary/aromatic N) is 4. The third kappa shape index (κ3) is 4.65. The molecule has 1 N–H and O–H groups in total. The zero-order valence-electron chi connectivity index (χ0n) is 16.5. The summed E-state index contributed by atoms with van der Waals surface area (Å²) in [6.07, 6.45) is 1.90. The normalized spacial score (nSPS) is 20.2. The maximum absolute atomic E-state index is 11.9. The number of aromatic nitrogens is 1. The van der Waals surface area contributed by atoms with Crippen molar-refractivity contribution in [3.05, 3.63) is 23.9 Å². The standard InChI is InChI=1S/C19H31N5O2/c1-6-23(7-2)17-9-8-15(10-21-17)11-22-19(20-4)24-12-14(3)16(13-24)18(25)26-5/h8-10,14,16H,6-7,11-13H2,1-5H3,(H,20,22). The third-order valence-electron chi connectivity index (χ3n) is 4.97. The highest BCUT2D eigenvalue weighted by Gasteiger charge is 2.36. The Hall–Kier alpha value is -2.31. The molecule has 0 saturated carbocycles. The molecule has 7 heteroatoms. The summed E-state index contributed by atoms with van der Waals surface area (Å²) in [7, 11) is 3.21. The van der Waals surface area contributed by atoms with Crippen LogP contribution in [-0.4, -0.2) is 62.1 Å². The highest BCUT2D eigenvalue weighted by molar-refractivity contribution is 5.82. The topological polar surface area (TPSA) is 70.1 Å². The number of pyridine rings is 1. The Morgan fingerprint density at radius 1 is 1.38 bits per heavy atom. The van der Waals surface area contributed by atoms with Crippen molar-refractivity contribution in [2.24, 2.45) is 16.8 Å². The molecule has 144 valence electrons. The molecule has 1 aliphatic heterocycles. The number of aliphatic imine (C=N–C) groups is 1. The number of nitrogens with one attached hydrogen (secondary N) is 1. The van der Waals surface area contributed by atoms with E-state index in [-0.39, 0.29) is 17.8 Å². The minimum atomic E-state index is -0.147. The Morgan fingerprint density at radius 2 is 2.12 bits per heavy atom. The Kier molecular flexibility index (Phi) is 7.24. The van der Waals surface area contributed by atoms with E-state index in [0.29, 0.717) is 13.1 Å². The molecule has 2 heterocycles. The average Bonchev–Trinajstić information content (AvgIpc) is 3.05. The number of ether oxygens (including phenoxy) is 1. The lowest BCUT2D eigenvalue weighted by Crippen LogP contribution is -2.40. The van der Waals surface area contributed by atoms with E-state index < -0.39 is 0 Å². The van der Waals surface area contributed by atoms with Gasteiger partial charge in [0.2, 0.25) is 0 Å². The zero-order valence-corrected chi connectivity index (χ0v) is 16.5. The number of rotatable bonds is 6. The summed E-state index contributed by atoms with van der Waals surface area (Å²) in [5.74, 6) is 1.80. The first kappa shape index (κ1) is 20.0. The number of anilines is 1. The van der Waals surface area contributed by atoms with Crippen molar-refractivity contribution in [1.82, 2.24) is 15.2 Å². The minimum Gasteiger partial charge on any atom is -0.469 e. The molecule has 1 aliphatic rings. The lowest BCUT2D eigenvalue weighted by Gasteiger charge is -2.22. The Balaban J connectivity index is 1.94. The molecular formula is C19H31N5O2. The van der Waals surface area contributed by atoms with Gasteiger partial charge < -0.3 is 19.9 Å². The van der Waals surface area contributed by atoms with Crippen LogP contribution in [0.1, 0.15) is 26.3 Å². The lowest BCUT2D eigenvalue weighted by molar-refractivity contribution is -0.145. The van der Waals surface area contributed by atoms with E-state index in [9.17, 15) is 4.79 Å². The first-order chi connectivity index (χ1) is 12.5. The number of carbonyl (C=O) groups is 1. The molecular weight excluding hydrogens is 330 g/mol. The van der Waals surface area contributed by atoms with Crippen molar-refractivity contribution >= 4 is 17.7 Å². The third-order valence-corrected chi connectivity index (χ3v) is 4.97. The van der Waals surface area contributed by atoms with E-state index in [4.69, 9.17) is 4.74 Å². The van der Waals surface area contributed by atoms with Crippen molar-refractivity contribution in [3.8, 4) is 0 Å². The number of hydrogen-bond donors (Lipinski definition) is 1. The zero-order chi connectivity index (χ0) is 19.1. The second kappa shape index (κ2) is 9.40. The molecule has 26 heavy (non-hydrogen) atoms. The molecule has 0 aromatic carbocycles. The lowest BCUT2D eigenvalue weighted by atomic mass is 9.99. The van der Waals surface area contributed by atoms with Gasteiger partial charge in [-0.3, -0.25) is 9.79 Å². The second-order valence-corrected chi connectivity index (χ2v) is 6.61. The largest absolute Gasteiger partial charge is 0.469 e. The van der Waals surface area contributed by atoms with Gasteiger partial charge in [-0.25, -0.2) is 4.98 Å². The first-order valence-corrected chi connectivity index (χ1v) is 9.27. The van der Waals surface area contributed by atoms with Gasteiger partial charge in [0.05, 0.1) is 13.0 Å². The van der Waals surface area contributed by atoms with E-state index in [2.05, 4.69) is 58.0 Å². The Morgan fingerprint density at radius 3 is 2.65 bits per heavy atom. The summed E-state index contributed by atoms with van der Waals surface area (Å²) in [6, 6.07) is 4.14. The molecule has 7 nitrogen and oxygen atoms in total. The van der Waals surface area contributed by atoms with Crippen LogP contribution in [0.4, 0.5) is 5.82 Å². The van der Waals surface area contributed by atoms with Crippen molar-refractivity contribution < 1.29 is 9.53 Å². The van der Waals surface area contributed by atoms with Crippen molar-refractivity contribution in [1.29, 1.82) is 0 Å². The van der Waals surface area contributed by atoms with E-state index >= 15 is 0 Å². The predicted molar refractivity (Wildman–Crippen MR) is 104 cm³/mol. The van der Waals surface area contributed by atoms with Gasteiger partial charge in [-0.05, 0) is 31.4 Å². The fraction of sp³-hybridized carbons (Fsp3) is 0.632. The van der Waals surface area contributed by atoms with Crippen molar-refractivity contribution in [2.45, 2.75) is 27.3 Å². The monoisotopic (exact) mass is 361 g/mol. The smallest absolute Gasteiger partial charge is 0.310 e. The highest BCUT2D eigenvalue weighted by atomic mass is 16.5. The number of carbonyl (C=O) groups excluding carboxylic acids is 1. The van der Waals surface area contributed by atoms with Crippen LogP contribution in [0.15, 0.2) is 23.3 Å². The quantitative estimate of drug-likeness (QED) is 0.473. The molecule has 0 spiro atoms. The fourth-order valence-electron chi connectivity index (χ4n) is 3.37. The molecule has 2 unspecified atom stereocenters. The molecule has 1 aromatic rings. The van der Waals surface area contributed by atoms with Crippen molar-refractivity contribution in [3.63, 3.8) is 0 Å². The molecule has 0 amide bonds. The van der Waals surface area contributed by atoms with E-state index in [1.807, 2.05) is 6.20 Å². The predicted octanol–water partition coefficient (Wildman–Crippen LogP) is 1.74. The molecule has 0 bridgehead atoms. The summed E-state index contributed by atoms with van der Waals surface area (Å²) in [6.45, 7) is 10.3. The molecule has 0 radical (unpaired) electrons. The molecule has 1 fully saturated rings. The van der Waals surface area contributed by atoms with Crippen molar-refractivity contribution in [2.75, 3.05) is 45.2 Å². The van der Waals surface area contributed by atoms with Crippen LogP contribution in [0.2, 0.25) is 0 Å². The average molecular weight is 361 g/mol. The van der Waals surface area contributed by atoms with Gasteiger partial charge >= 0.3 is 5.97 Å². The summed E-state index contributed by atoms with van der Waals surface area (Å²) in [5.41, 5.74) is 1.10. The first-order valence-electron chi connectivity index (χ1n) is 9.27. The van der Waals surface area contributed by atoms with Gasteiger partial charge in [0.15, 0.2) is 5.96 Å². The summed E-state index contributed by atoms with van der Waals surface area (Å²) < 4.78 is 4.91. The molecule has 2 rings (SSSR count). The van der Waals surface area contributed by atoms with E-state index in [1.54, 1.807) is 7.05 Å². The SMILES string of the molecule is CCN(CC)c1ccc(CNC(=NC)N2CC(C)C(C(=O)OC)C2)cn1. The Bertz CT molecular complexity index is 613. The van der Waals surface area contributed by atoms with Crippen LogP contribution in [0, 0.1) is 11.8 Å². The van der Waals surface area contributed by atoms with Gasteiger partial charge in [0.1, 0.15) is 5.82 Å². The Labute approximate surface area is 156 Å². The van der Waals surface area contributed by atoms with Crippen LogP contribution in [0.5, 0.6) is 0 Å². The summed E-state index contributed by atoms with van der Waals surface area (Å²) in [4.78, 5) is 25.1. The highest BCUT2D eigenvalue weighted by Crippen LogP contribution is 2.24. The number of guanidine groups is 1. The van der Waals surface area contributed by atoms with Gasteiger partial charge in [-0.1, -0.05) is 13.0 Å². The van der Waals surface area contributed by atoms with Crippen LogP contribution < -0.4 is 10.2 Å². The molecule has 1 saturated heterocycles. The van der Waals surface area contributed by atoms with Crippen LogP contribution >= 0.6 is 0 Å². The van der Waals surface area contributed by atoms with Gasteiger partial charge in [0, 0.05) is 46.0 Å². The fourth-order valence-corrected chi connectivity index (χ4v) is 3.37. The van der Waals surface area contributed by atoms with E-state index in [0.717, 1.165) is 37.0 Å². The summed E-state index contributed by atoms with van der Waals surface area (Å²) >= 11 is 0. The molecule has 2 atom stereocenters. The number of esters is 1. The van der Waals surface area contributed by atoms with Crippen LogP contribution in [0.25, 0.3) is 0 Å². The maximum atomic E-state index is 11.9. The van der Waals surface area contributed by atoms with E-state index in [1.165, 1.54) is 7.11 Å². The number of methoxy groups -OCH3 is 1. The second-order valence-electron chi connectivity index (χ2n) is 6.61. The molecule has 1 aromatic heterocycles. The van der Waals surface area contributed by atoms with Gasteiger partial charge in [0.25, 0.3) is 0 Å². The maximum Gasteiger partial charge on any atom is 0.310 e. The number of hydrogen-bond acceptors (Lipinski definition) is 5. The number of likely N-dealkylation sites (tertiary alicyclic amines) is 1. The molecule has 0 aliphatic carbocycles. The van der Waals surface area contributed by atoms with Crippen LogP contribution in [0.3, 0.4) is 0 Å². The summed E-state index contributed by atoms with van der Waals surface area (Å²) in [5, 5.41) is 3.37.